The number of rotatable bonds is 4. The molecule has 0 spiro atoms. The summed E-state index contributed by atoms with van der Waals surface area (Å²) in [5.41, 5.74) is 2.30. The lowest BCUT2D eigenvalue weighted by molar-refractivity contribution is 0.102. The molecule has 0 amide bonds. The van der Waals surface area contributed by atoms with Crippen LogP contribution >= 0.6 is 0 Å². The molecule has 2 aromatic heterocycles. The van der Waals surface area contributed by atoms with Crippen molar-refractivity contribution in [3.63, 3.8) is 0 Å². The van der Waals surface area contributed by atoms with Crippen molar-refractivity contribution in [2.75, 3.05) is 0 Å². The smallest absolute Gasteiger partial charge is 0.232 e. The standard InChI is InChI=1S/C13H18N4O/c1-5-7-17-8-6-14-13(17)12(18)11-9(2)15-16(4)10(11)3/h6,8H,5,7H2,1-4H3. The summed E-state index contributed by atoms with van der Waals surface area (Å²) in [7, 11) is 1.84. The Kier molecular flexibility index (Phi) is 3.32. The molecule has 0 fully saturated rings. The van der Waals surface area contributed by atoms with Gasteiger partial charge in [0.15, 0.2) is 5.82 Å². The van der Waals surface area contributed by atoms with Gasteiger partial charge in [-0.15, -0.1) is 0 Å². The fourth-order valence-electron chi connectivity index (χ4n) is 2.15. The molecule has 0 N–H and O–H groups in total. The second-order valence-corrected chi connectivity index (χ2v) is 4.44. The van der Waals surface area contributed by atoms with Crippen LogP contribution < -0.4 is 0 Å². The molecule has 0 aliphatic rings. The number of hydrogen-bond acceptors (Lipinski definition) is 3. The third kappa shape index (κ3) is 1.96. The number of carbonyl (C=O) groups excluding carboxylic acids is 1. The van der Waals surface area contributed by atoms with E-state index in [-0.39, 0.29) is 5.78 Å². The molecule has 2 rings (SSSR count). The van der Waals surface area contributed by atoms with Crippen LogP contribution in [0.15, 0.2) is 12.4 Å². The molecule has 0 aliphatic heterocycles. The maximum absolute atomic E-state index is 12.5. The maximum Gasteiger partial charge on any atom is 0.232 e. The summed E-state index contributed by atoms with van der Waals surface area (Å²) in [5.74, 6) is 0.451. The Morgan fingerprint density at radius 2 is 2.11 bits per heavy atom. The van der Waals surface area contributed by atoms with Gasteiger partial charge in [0.2, 0.25) is 5.78 Å². The van der Waals surface area contributed by atoms with Crippen LogP contribution in [0.4, 0.5) is 0 Å². The summed E-state index contributed by atoms with van der Waals surface area (Å²) in [5, 5.41) is 4.28. The van der Waals surface area contributed by atoms with E-state index in [1.165, 1.54) is 0 Å². The number of carbonyl (C=O) groups is 1. The van der Waals surface area contributed by atoms with Crippen LogP contribution in [0.2, 0.25) is 0 Å². The summed E-state index contributed by atoms with van der Waals surface area (Å²) < 4.78 is 3.63. The van der Waals surface area contributed by atoms with Crippen molar-refractivity contribution in [3.05, 3.63) is 35.2 Å². The lowest BCUT2D eigenvalue weighted by Crippen LogP contribution is -2.13. The zero-order valence-corrected chi connectivity index (χ0v) is 11.3. The molecule has 0 radical (unpaired) electrons. The zero-order valence-electron chi connectivity index (χ0n) is 11.3. The van der Waals surface area contributed by atoms with Crippen molar-refractivity contribution in [2.24, 2.45) is 7.05 Å². The van der Waals surface area contributed by atoms with Crippen molar-refractivity contribution in [1.29, 1.82) is 0 Å². The Morgan fingerprint density at radius 3 is 2.67 bits per heavy atom. The Balaban J connectivity index is 2.45. The van der Waals surface area contributed by atoms with Gasteiger partial charge in [0.25, 0.3) is 0 Å². The van der Waals surface area contributed by atoms with E-state index in [2.05, 4.69) is 17.0 Å². The molecule has 0 atom stereocenters. The normalized spacial score (nSPS) is 10.9. The van der Waals surface area contributed by atoms with E-state index in [9.17, 15) is 4.79 Å². The third-order valence-electron chi connectivity index (χ3n) is 3.12. The molecule has 18 heavy (non-hydrogen) atoms. The Morgan fingerprint density at radius 1 is 1.39 bits per heavy atom. The minimum atomic E-state index is -0.0449. The summed E-state index contributed by atoms with van der Waals surface area (Å²) in [6.45, 7) is 6.64. The highest BCUT2D eigenvalue weighted by Gasteiger charge is 2.22. The van der Waals surface area contributed by atoms with Gasteiger partial charge >= 0.3 is 0 Å². The molecular weight excluding hydrogens is 228 g/mol. The largest absolute Gasteiger partial charge is 0.328 e. The van der Waals surface area contributed by atoms with E-state index in [0.717, 1.165) is 24.4 Å². The lowest BCUT2D eigenvalue weighted by Gasteiger charge is -2.05. The van der Waals surface area contributed by atoms with Crippen LogP contribution in [0.5, 0.6) is 0 Å². The average Bonchev–Trinajstić information content (AvgIpc) is 2.86. The highest BCUT2D eigenvalue weighted by molar-refractivity contribution is 6.08. The van der Waals surface area contributed by atoms with Gasteiger partial charge in [-0.2, -0.15) is 5.10 Å². The van der Waals surface area contributed by atoms with E-state index >= 15 is 0 Å². The van der Waals surface area contributed by atoms with Gasteiger partial charge in [-0.1, -0.05) is 6.92 Å². The lowest BCUT2D eigenvalue weighted by atomic mass is 10.1. The van der Waals surface area contributed by atoms with Crippen molar-refractivity contribution >= 4 is 5.78 Å². The van der Waals surface area contributed by atoms with Crippen LogP contribution in [0.1, 0.15) is 40.9 Å². The van der Waals surface area contributed by atoms with E-state index in [1.54, 1.807) is 10.9 Å². The fourth-order valence-corrected chi connectivity index (χ4v) is 2.15. The molecule has 5 heteroatoms. The van der Waals surface area contributed by atoms with Crippen molar-refractivity contribution in [1.82, 2.24) is 19.3 Å². The van der Waals surface area contributed by atoms with Crippen LogP contribution in [0, 0.1) is 13.8 Å². The number of nitrogens with zero attached hydrogens (tertiary/aromatic N) is 4. The topological polar surface area (TPSA) is 52.7 Å². The predicted molar refractivity (Wildman–Crippen MR) is 68.6 cm³/mol. The van der Waals surface area contributed by atoms with Crippen LogP contribution in [-0.2, 0) is 13.6 Å². The van der Waals surface area contributed by atoms with Crippen molar-refractivity contribution in [2.45, 2.75) is 33.7 Å². The average molecular weight is 246 g/mol. The Labute approximate surface area is 106 Å². The SMILES string of the molecule is CCCn1ccnc1C(=O)c1c(C)nn(C)c1C. The van der Waals surface area contributed by atoms with E-state index < -0.39 is 0 Å². The Bertz CT molecular complexity index is 580. The minimum Gasteiger partial charge on any atom is -0.328 e. The van der Waals surface area contributed by atoms with Crippen LogP contribution in [0.3, 0.4) is 0 Å². The second kappa shape index (κ2) is 4.76. The molecule has 5 nitrogen and oxygen atoms in total. The number of ketones is 1. The first-order chi connectivity index (χ1) is 8.56. The molecule has 0 saturated heterocycles. The van der Waals surface area contributed by atoms with Gasteiger partial charge in [0, 0.05) is 31.7 Å². The zero-order chi connectivity index (χ0) is 13.3. The first-order valence-electron chi connectivity index (χ1n) is 6.12. The maximum atomic E-state index is 12.5. The molecule has 2 heterocycles. The van der Waals surface area contributed by atoms with Gasteiger partial charge in [-0.25, -0.2) is 4.98 Å². The molecule has 96 valence electrons. The van der Waals surface area contributed by atoms with Gasteiger partial charge in [0.05, 0.1) is 11.3 Å². The number of aromatic nitrogens is 4. The van der Waals surface area contributed by atoms with E-state index in [4.69, 9.17) is 0 Å². The van der Waals surface area contributed by atoms with Crippen molar-refractivity contribution < 1.29 is 4.79 Å². The number of hydrogen-bond donors (Lipinski definition) is 0. The Hall–Kier alpha value is -1.91. The third-order valence-corrected chi connectivity index (χ3v) is 3.12. The summed E-state index contributed by atoms with van der Waals surface area (Å²) in [6, 6.07) is 0. The summed E-state index contributed by atoms with van der Waals surface area (Å²) >= 11 is 0. The van der Waals surface area contributed by atoms with Crippen LogP contribution in [-0.4, -0.2) is 25.1 Å². The highest BCUT2D eigenvalue weighted by atomic mass is 16.1. The number of imidazole rings is 1. The molecule has 0 aliphatic carbocycles. The van der Waals surface area contributed by atoms with E-state index in [1.807, 2.05) is 31.7 Å². The minimum absolute atomic E-state index is 0.0449. The van der Waals surface area contributed by atoms with Gasteiger partial charge in [-0.3, -0.25) is 9.48 Å². The second-order valence-electron chi connectivity index (χ2n) is 4.44. The van der Waals surface area contributed by atoms with Crippen molar-refractivity contribution in [3.8, 4) is 0 Å². The monoisotopic (exact) mass is 246 g/mol. The number of aryl methyl sites for hydroxylation is 3. The quantitative estimate of drug-likeness (QED) is 0.774. The molecule has 0 aromatic carbocycles. The van der Waals surface area contributed by atoms with Gasteiger partial charge in [-0.05, 0) is 20.3 Å². The van der Waals surface area contributed by atoms with E-state index in [0.29, 0.717) is 11.4 Å². The molecular formula is C13H18N4O. The van der Waals surface area contributed by atoms with Crippen LogP contribution in [0.25, 0.3) is 0 Å². The molecule has 0 bridgehead atoms. The molecule has 0 unspecified atom stereocenters. The molecule has 0 saturated carbocycles. The fraction of sp³-hybridized carbons (Fsp3) is 0.462. The first-order valence-corrected chi connectivity index (χ1v) is 6.12. The summed E-state index contributed by atoms with van der Waals surface area (Å²) in [6.07, 6.45) is 4.49. The highest BCUT2D eigenvalue weighted by Crippen LogP contribution is 2.16. The van der Waals surface area contributed by atoms with Gasteiger partial charge in [0.1, 0.15) is 0 Å². The predicted octanol–water partition coefficient (Wildman–Crippen LogP) is 1.87. The first kappa shape index (κ1) is 12.5. The van der Waals surface area contributed by atoms with Gasteiger partial charge < -0.3 is 4.57 Å². The molecule has 2 aromatic rings. The summed E-state index contributed by atoms with van der Waals surface area (Å²) in [4.78, 5) is 16.7.